The van der Waals surface area contributed by atoms with Gasteiger partial charge in [0.05, 0.1) is 0 Å². The molecule has 4 heteroatoms. The fraction of sp³-hybridized carbons (Fsp3) is 0.133. The van der Waals surface area contributed by atoms with Crippen molar-refractivity contribution in [3.05, 3.63) is 64.4 Å². The van der Waals surface area contributed by atoms with Crippen molar-refractivity contribution in [2.75, 3.05) is 6.61 Å². The molecule has 0 unspecified atom stereocenters. The predicted octanol–water partition coefficient (Wildman–Crippen LogP) is 4.05. The number of benzene rings is 2. The molecule has 0 aliphatic rings. The van der Waals surface area contributed by atoms with Gasteiger partial charge >= 0.3 is 0 Å². The standard InChI is InChI=1S/C15H12ClFO2/c1-10-2-5-12(16)8-15(10)19-9-14(18)11-3-6-13(17)7-4-11/h2-8H,9H2,1H3. The second-order valence-electron chi connectivity index (χ2n) is 4.13. The number of rotatable bonds is 4. The Balaban J connectivity index is 2.04. The van der Waals surface area contributed by atoms with E-state index in [1.807, 2.05) is 13.0 Å². The van der Waals surface area contributed by atoms with Gasteiger partial charge in [-0.2, -0.15) is 0 Å². The molecule has 0 aromatic heterocycles. The maximum absolute atomic E-state index is 12.7. The number of aryl methyl sites for hydroxylation is 1. The molecule has 2 aromatic carbocycles. The zero-order valence-electron chi connectivity index (χ0n) is 10.3. The molecule has 0 radical (unpaired) electrons. The van der Waals surface area contributed by atoms with E-state index >= 15 is 0 Å². The minimum absolute atomic E-state index is 0.104. The molecule has 0 fully saturated rings. The van der Waals surface area contributed by atoms with Gasteiger partial charge in [0.25, 0.3) is 0 Å². The second-order valence-corrected chi connectivity index (χ2v) is 4.56. The molecule has 2 rings (SSSR count). The lowest BCUT2D eigenvalue weighted by atomic mass is 10.1. The van der Waals surface area contributed by atoms with Crippen LogP contribution in [0.25, 0.3) is 0 Å². The molecule has 2 aromatic rings. The van der Waals surface area contributed by atoms with Crippen LogP contribution in [0, 0.1) is 12.7 Å². The van der Waals surface area contributed by atoms with E-state index in [2.05, 4.69) is 0 Å². The summed E-state index contributed by atoms with van der Waals surface area (Å²) in [6.07, 6.45) is 0. The summed E-state index contributed by atoms with van der Waals surface area (Å²) in [7, 11) is 0. The van der Waals surface area contributed by atoms with Crippen LogP contribution in [0.3, 0.4) is 0 Å². The molecule has 19 heavy (non-hydrogen) atoms. The molecule has 0 amide bonds. The molecule has 0 spiro atoms. The second kappa shape index (κ2) is 5.85. The molecule has 2 nitrogen and oxygen atoms in total. The van der Waals surface area contributed by atoms with Crippen molar-refractivity contribution in [1.29, 1.82) is 0 Å². The lowest BCUT2D eigenvalue weighted by Gasteiger charge is -2.08. The van der Waals surface area contributed by atoms with Crippen LogP contribution in [0.5, 0.6) is 5.75 Å². The van der Waals surface area contributed by atoms with Crippen molar-refractivity contribution in [1.82, 2.24) is 0 Å². The van der Waals surface area contributed by atoms with Crippen molar-refractivity contribution in [2.24, 2.45) is 0 Å². The quantitative estimate of drug-likeness (QED) is 0.789. The normalized spacial score (nSPS) is 10.3. The number of carbonyl (C=O) groups is 1. The lowest BCUT2D eigenvalue weighted by molar-refractivity contribution is 0.0921. The van der Waals surface area contributed by atoms with Crippen molar-refractivity contribution in [3.8, 4) is 5.75 Å². The van der Waals surface area contributed by atoms with Crippen LogP contribution in [-0.2, 0) is 0 Å². The molecule has 0 atom stereocenters. The molecule has 0 heterocycles. The van der Waals surface area contributed by atoms with Crippen LogP contribution in [0.1, 0.15) is 15.9 Å². The third-order valence-corrected chi connectivity index (χ3v) is 2.91. The van der Waals surface area contributed by atoms with Gasteiger partial charge in [0.15, 0.2) is 12.4 Å². The minimum Gasteiger partial charge on any atom is -0.485 e. The summed E-state index contributed by atoms with van der Waals surface area (Å²) >= 11 is 5.86. The van der Waals surface area contributed by atoms with Crippen LogP contribution in [0.15, 0.2) is 42.5 Å². The third kappa shape index (κ3) is 3.55. The maximum Gasteiger partial charge on any atom is 0.200 e. The summed E-state index contributed by atoms with van der Waals surface area (Å²) in [5.41, 5.74) is 1.32. The van der Waals surface area contributed by atoms with Gasteiger partial charge in [-0.05, 0) is 48.9 Å². The highest BCUT2D eigenvalue weighted by Crippen LogP contribution is 2.22. The highest BCUT2D eigenvalue weighted by Gasteiger charge is 2.08. The zero-order valence-corrected chi connectivity index (χ0v) is 11.1. The highest BCUT2D eigenvalue weighted by atomic mass is 35.5. The molecular weight excluding hydrogens is 267 g/mol. The summed E-state index contributed by atoms with van der Waals surface area (Å²) in [6.45, 7) is 1.76. The SMILES string of the molecule is Cc1ccc(Cl)cc1OCC(=O)c1ccc(F)cc1. The Morgan fingerprint density at radius 3 is 2.58 bits per heavy atom. The summed E-state index contributed by atoms with van der Waals surface area (Å²) in [5.74, 6) is -0.00880. The largest absolute Gasteiger partial charge is 0.485 e. The van der Waals surface area contributed by atoms with Gasteiger partial charge in [0.1, 0.15) is 11.6 Å². The van der Waals surface area contributed by atoms with E-state index in [1.54, 1.807) is 12.1 Å². The van der Waals surface area contributed by atoms with E-state index in [-0.39, 0.29) is 18.2 Å². The predicted molar refractivity (Wildman–Crippen MR) is 72.4 cm³/mol. The van der Waals surface area contributed by atoms with Crippen molar-refractivity contribution >= 4 is 17.4 Å². The van der Waals surface area contributed by atoms with E-state index in [9.17, 15) is 9.18 Å². The van der Waals surface area contributed by atoms with Gasteiger partial charge in [0, 0.05) is 10.6 Å². The van der Waals surface area contributed by atoms with Crippen molar-refractivity contribution in [3.63, 3.8) is 0 Å². The maximum atomic E-state index is 12.7. The number of ketones is 1. The van der Waals surface area contributed by atoms with Gasteiger partial charge in [-0.15, -0.1) is 0 Å². The minimum atomic E-state index is -0.372. The summed E-state index contributed by atoms with van der Waals surface area (Å²) in [4.78, 5) is 11.8. The number of Topliss-reactive ketones (excluding diaryl/α,β-unsaturated/α-hetero) is 1. The first-order chi connectivity index (χ1) is 9.06. The van der Waals surface area contributed by atoms with Crippen LogP contribution in [0.2, 0.25) is 5.02 Å². The Morgan fingerprint density at radius 1 is 1.21 bits per heavy atom. The Morgan fingerprint density at radius 2 is 1.89 bits per heavy atom. The molecule has 0 N–H and O–H groups in total. The van der Waals surface area contributed by atoms with Gasteiger partial charge in [-0.1, -0.05) is 17.7 Å². The smallest absolute Gasteiger partial charge is 0.200 e. The Hall–Kier alpha value is -1.87. The molecule has 98 valence electrons. The molecule has 0 bridgehead atoms. The molecular formula is C15H12ClFO2. The average molecular weight is 279 g/mol. The Bertz CT molecular complexity index is 594. The summed E-state index contributed by atoms with van der Waals surface area (Å²) in [6, 6.07) is 10.6. The van der Waals surface area contributed by atoms with Crippen LogP contribution < -0.4 is 4.74 Å². The van der Waals surface area contributed by atoms with Gasteiger partial charge < -0.3 is 4.74 Å². The highest BCUT2D eigenvalue weighted by molar-refractivity contribution is 6.30. The first kappa shape index (κ1) is 13.6. The molecule has 0 aliphatic heterocycles. The molecule has 0 saturated heterocycles. The lowest BCUT2D eigenvalue weighted by Crippen LogP contribution is -2.12. The van der Waals surface area contributed by atoms with Crippen molar-refractivity contribution in [2.45, 2.75) is 6.92 Å². The first-order valence-corrected chi connectivity index (χ1v) is 6.12. The Kier molecular flexibility index (Phi) is 4.17. The number of halogens is 2. The number of hydrogen-bond donors (Lipinski definition) is 0. The van der Waals surface area contributed by atoms with E-state index in [0.717, 1.165) is 5.56 Å². The fourth-order valence-corrected chi connectivity index (χ4v) is 1.75. The Labute approximate surface area is 115 Å². The molecule has 0 saturated carbocycles. The van der Waals surface area contributed by atoms with E-state index in [0.29, 0.717) is 16.3 Å². The molecule has 0 aliphatic carbocycles. The van der Waals surface area contributed by atoms with Crippen LogP contribution in [0.4, 0.5) is 4.39 Å². The number of ether oxygens (including phenoxy) is 1. The number of hydrogen-bond acceptors (Lipinski definition) is 2. The monoisotopic (exact) mass is 278 g/mol. The summed E-state index contributed by atoms with van der Waals surface area (Å²) < 4.78 is 18.2. The third-order valence-electron chi connectivity index (χ3n) is 2.68. The van der Waals surface area contributed by atoms with Gasteiger partial charge in [-0.3, -0.25) is 4.79 Å². The summed E-state index contributed by atoms with van der Waals surface area (Å²) in [5, 5.41) is 0.551. The average Bonchev–Trinajstić information content (AvgIpc) is 2.40. The van der Waals surface area contributed by atoms with E-state index in [4.69, 9.17) is 16.3 Å². The van der Waals surface area contributed by atoms with Gasteiger partial charge in [0.2, 0.25) is 0 Å². The van der Waals surface area contributed by atoms with E-state index in [1.165, 1.54) is 24.3 Å². The first-order valence-electron chi connectivity index (χ1n) is 5.74. The van der Waals surface area contributed by atoms with Gasteiger partial charge in [-0.25, -0.2) is 4.39 Å². The fourth-order valence-electron chi connectivity index (χ4n) is 1.59. The number of carbonyl (C=O) groups excluding carboxylic acids is 1. The topological polar surface area (TPSA) is 26.3 Å². The van der Waals surface area contributed by atoms with E-state index < -0.39 is 0 Å². The zero-order chi connectivity index (χ0) is 13.8. The van der Waals surface area contributed by atoms with Crippen LogP contribution >= 0.6 is 11.6 Å². The van der Waals surface area contributed by atoms with Crippen LogP contribution in [-0.4, -0.2) is 12.4 Å². The van der Waals surface area contributed by atoms with Crippen molar-refractivity contribution < 1.29 is 13.9 Å².